The maximum atomic E-state index is 13.8. The Kier molecular flexibility index (Phi) is 7.35. The topological polar surface area (TPSA) is 66.5 Å². The number of halogens is 1. The quantitative estimate of drug-likeness (QED) is 0.509. The number of carbonyl (C=O) groups excluding carboxylic acids is 1. The minimum absolute atomic E-state index is 0.0287. The average molecular weight is 459 g/mol. The Labute approximate surface area is 186 Å². The van der Waals surface area contributed by atoms with E-state index in [0.29, 0.717) is 0 Å². The summed E-state index contributed by atoms with van der Waals surface area (Å²) in [5, 5.41) is 2.74. The molecule has 0 aromatic heterocycles. The van der Waals surface area contributed by atoms with Crippen molar-refractivity contribution in [1.82, 2.24) is 5.32 Å². The first-order chi connectivity index (χ1) is 14.8. The molecule has 162 valence electrons. The van der Waals surface area contributed by atoms with E-state index in [9.17, 15) is 17.6 Å². The van der Waals surface area contributed by atoms with Crippen molar-refractivity contribution in [2.45, 2.75) is 23.3 Å². The van der Waals surface area contributed by atoms with E-state index in [2.05, 4.69) is 5.32 Å². The second-order valence-corrected chi connectivity index (χ2v) is 9.67. The van der Waals surface area contributed by atoms with Gasteiger partial charge in [-0.2, -0.15) is 0 Å². The summed E-state index contributed by atoms with van der Waals surface area (Å²) in [6.07, 6.45) is 1.89. The number of anilines is 1. The van der Waals surface area contributed by atoms with Crippen molar-refractivity contribution in [1.29, 1.82) is 0 Å². The highest BCUT2D eigenvalue weighted by Gasteiger charge is 2.27. The van der Waals surface area contributed by atoms with Gasteiger partial charge in [-0.15, -0.1) is 11.8 Å². The fourth-order valence-electron chi connectivity index (χ4n) is 3.03. The Morgan fingerprint density at radius 1 is 1.03 bits per heavy atom. The second-order valence-electron chi connectivity index (χ2n) is 6.93. The molecular formula is C23H23FN2O3S2. The van der Waals surface area contributed by atoms with Gasteiger partial charge >= 0.3 is 0 Å². The van der Waals surface area contributed by atoms with Gasteiger partial charge in [0.2, 0.25) is 5.91 Å². The standard InChI is InChI=1S/C23H23FN2O3S2/c1-17-5-3-6-18(13-17)15-25-23(27)16-26(20-8-4-7-19(24)14-20)31(28,29)22-11-9-21(30-2)10-12-22/h3-14H,15-16H2,1-2H3,(H,25,27). The summed E-state index contributed by atoms with van der Waals surface area (Å²) in [6.45, 7) is 1.74. The van der Waals surface area contributed by atoms with Gasteiger partial charge < -0.3 is 5.32 Å². The number of carbonyl (C=O) groups is 1. The van der Waals surface area contributed by atoms with Crippen LogP contribution in [-0.2, 0) is 21.4 Å². The molecule has 1 amide bonds. The van der Waals surface area contributed by atoms with E-state index in [4.69, 9.17) is 0 Å². The van der Waals surface area contributed by atoms with Crippen LogP contribution < -0.4 is 9.62 Å². The zero-order valence-corrected chi connectivity index (χ0v) is 18.8. The maximum Gasteiger partial charge on any atom is 0.264 e. The molecule has 0 aliphatic heterocycles. The molecule has 3 rings (SSSR count). The van der Waals surface area contributed by atoms with Crippen molar-refractivity contribution in [2.75, 3.05) is 17.1 Å². The van der Waals surface area contributed by atoms with Crippen LogP contribution in [0.1, 0.15) is 11.1 Å². The molecule has 0 aliphatic rings. The molecule has 0 spiro atoms. The van der Waals surface area contributed by atoms with Crippen LogP contribution in [0.15, 0.2) is 82.6 Å². The number of hydrogen-bond donors (Lipinski definition) is 1. The molecule has 8 heteroatoms. The molecule has 31 heavy (non-hydrogen) atoms. The van der Waals surface area contributed by atoms with Crippen LogP contribution in [-0.4, -0.2) is 27.1 Å². The second kappa shape index (κ2) is 9.98. The highest BCUT2D eigenvalue weighted by atomic mass is 32.2. The number of nitrogens with one attached hydrogen (secondary N) is 1. The van der Waals surface area contributed by atoms with Crippen molar-refractivity contribution in [3.63, 3.8) is 0 Å². The first-order valence-electron chi connectivity index (χ1n) is 9.54. The van der Waals surface area contributed by atoms with Gasteiger partial charge in [-0.05, 0) is 61.2 Å². The lowest BCUT2D eigenvalue weighted by Crippen LogP contribution is -2.40. The van der Waals surface area contributed by atoms with E-state index in [1.54, 1.807) is 12.1 Å². The van der Waals surface area contributed by atoms with E-state index in [1.165, 1.54) is 42.1 Å². The lowest BCUT2D eigenvalue weighted by atomic mass is 10.1. The summed E-state index contributed by atoms with van der Waals surface area (Å²) in [5.74, 6) is -1.08. The van der Waals surface area contributed by atoms with Gasteiger partial charge in [-0.3, -0.25) is 9.10 Å². The number of benzene rings is 3. The van der Waals surface area contributed by atoms with Gasteiger partial charge in [0, 0.05) is 11.4 Å². The fraction of sp³-hybridized carbons (Fsp3) is 0.174. The Morgan fingerprint density at radius 3 is 2.39 bits per heavy atom. The maximum absolute atomic E-state index is 13.8. The number of thioether (sulfide) groups is 1. The number of rotatable bonds is 8. The third-order valence-electron chi connectivity index (χ3n) is 4.60. The van der Waals surface area contributed by atoms with Crippen LogP contribution >= 0.6 is 11.8 Å². The normalized spacial score (nSPS) is 11.2. The number of amides is 1. The molecule has 0 aliphatic carbocycles. The van der Waals surface area contributed by atoms with Gasteiger partial charge in [-0.1, -0.05) is 35.9 Å². The lowest BCUT2D eigenvalue weighted by Gasteiger charge is -2.24. The van der Waals surface area contributed by atoms with Crippen LogP contribution in [0.4, 0.5) is 10.1 Å². The zero-order valence-electron chi connectivity index (χ0n) is 17.2. The molecule has 3 aromatic carbocycles. The lowest BCUT2D eigenvalue weighted by molar-refractivity contribution is -0.119. The van der Waals surface area contributed by atoms with E-state index in [0.717, 1.165) is 26.4 Å². The molecule has 0 saturated heterocycles. The van der Waals surface area contributed by atoms with Crippen molar-refractivity contribution in [3.05, 3.63) is 89.7 Å². The summed E-state index contributed by atoms with van der Waals surface area (Å²) in [7, 11) is -4.08. The van der Waals surface area contributed by atoms with E-state index >= 15 is 0 Å². The molecule has 0 fully saturated rings. The molecule has 0 atom stereocenters. The molecule has 3 aromatic rings. The SMILES string of the molecule is CSc1ccc(S(=O)(=O)N(CC(=O)NCc2cccc(C)c2)c2cccc(F)c2)cc1. The monoisotopic (exact) mass is 458 g/mol. The minimum atomic E-state index is -4.08. The van der Waals surface area contributed by atoms with Gasteiger partial charge in [-0.25, -0.2) is 12.8 Å². The van der Waals surface area contributed by atoms with Crippen molar-refractivity contribution < 1.29 is 17.6 Å². The van der Waals surface area contributed by atoms with Crippen LogP contribution in [0, 0.1) is 12.7 Å². The predicted octanol–water partition coefficient (Wildman–Crippen LogP) is 4.37. The molecule has 5 nitrogen and oxygen atoms in total. The van der Waals surface area contributed by atoms with Crippen molar-refractivity contribution >= 4 is 33.4 Å². The summed E-state index contributed by atoms with van der Waals surface area (Å²) in [4.78, 5) is 13.6. The molecular weight excluding hydrogens is 435 g/mol. The first kappa shape index (κ1) is 22.8. The summed E-state index contributed by atoms with van der Waals surface area (Å²) < 4.78 is 41.4. The Hall–Kier alpha value is -2.84. The van der Waals surface area contributed by atoms with E-state index in [-0.39, 0.29) is 17.1 Å². The van der Waals surface area contributed by atoms with Gasteiger partial charge in [0.05, 0.1) is 10.6 Å². The minimum Gasteiger partial charge on any atom is -0.350 e. The third-order valence-corrected chi connectivity index (χ3v) is 7.13. The molecule has 0 radical (unpaired) electrons. The van der Waals surface area contributed by atoms with E-state index in [1.807, 2.05) is 37.4 Å². The van der Waals surface area contributed by atoms with Crippen LogP contribution in [0.2, 0.25) is 0 Å². The molecule has 0 saturated carbocycles. The van der Waals surface area contributed by atoms with Crippen molar-refractivity contribution in [3.8, 4) is 0 Å². The Morgan fingerprint density at radius 2 is 1.74 bits per heavy atom. The zero-order chi connectivity index (χ0) is 22.4. The number of nitrogens with zero attached hydrogens (tertiary/aromatic N) is 1. The van der Waals surface area contributed by atoms with Crippen LogP contribution in [0.25, 0.3) is 0 Å². The molecule has 0 heterocycles. The smallest absolute Gasteiger partial charge is 0.264 e. The number of aryl methyl sites for hydroxylation is 1. The summed E-state index contributed by atoms with van der Waals surface area (Å²) >= 11 is 1.49. The van der Waals surface area contributed by atoms with E-state index < -0.39 is 28.3 Å². The third kappa shape index (κ3) is 5.86. The highest BCUT2D eigenvalue weighted by Crippen LogP contribution is 2.26. The number of hydrogen-bond acceptors (Lipinski definition) is 4. The molecule has 0 bridgehead atoms. The fourth-order valence-corrected chi connectivity index (χ4v) is 4.85. The Balaban J connectivity index is 1.86. The Bertz CT molecular complexity index is 1170. The highest BCUT2D eigenvalue weighted by molar-refractivity contribution is 7.98. The van der Waals surface area contributed by atoms with Gasteiger partial charge in [0.1, 0.15) is 12.4 Å². The molecule has 0 unspecified atom stereocenters. The van der Waals surface area contributed by atoms with Crippen LogP contribution in [0.3, 0.4) is 0 Å². The van der Waals surface area contributed by atoms with Gasteiger partial charge in [0.25, 0.3) is 10.0 Å². The summed E-state index contributed by atoms with van der Waals surface area (Å²) in [5.41, 5.74) is 2.05. The largest absolute Gasteiger partial charge is 0.350 e. The molecule has 1 N–H and O–H groups in total. The predicted molar refractivity (Wildman–Crippen MR) is 122 cm³/mol. The van der Waals surface area contributed by atoms with Crippen LogP contribution in [0.5, 0.6) is 0 Å². The summed E-state index contributed by atoms with van der Waals surface area (Å²) in [6, 6.07) is 19.2. The first-order valence-corrected chi connectivity index (χ1v) is 12.2. The van der Waals surface area contributed by atoms with Gasteiger partial charge in [0.15, 0.2) is 0 Å². The average Bonchev–Trinajstić information content (AvgIpc) is 2.76. The van der Waals surface area contributed by atoms with Crippen molar-refractivity contribution in [2.24, 2.45) is 0 Å². The number of sulfonamides is 1.